The summed E-state index contributed by atoms with van der Waals surface area (Å²) in [6.07, 6.45) is 2.58. The van der Waals surface area contributed by atoms with Crippen molar-refractivity contribution in [2.75, 3.05) is 18.9 Å². The summed E-state index contributed by atoms with van der Waals surface area (Å²) in [6.45, 7) is 4.53. The summed E-state index contributed by atoms with van der Waals surface area (Å²) in [4.78, 5) is 23.4. The highest BCUT2D eigenvalue weighted by Gasteiger charge is 2.33. The first-order valence-corrected chi connectivity index (χ1v) is 7.92. The minimum absolute atomic E-state index is 0.0496. The van der Waals surface area contributed by atoms with Crippen LogP contribution in [0.15, 0.2) is 16.7 Å². The molecule has 0 unspecified atom stereocenters. The standard InChI is InChI=1S/C16H21N5O2/c1-4-11-8-14(23-20-11)16(22)21-7-5-6-13(21)12-9-15(17-3)19-10(2)18-12/h8-9,13H,4-7H2,1-3H3,(H,17,18,19)/t13-/m1/s1. The van der Waals surface area contributed by atoms with Crippen LogP contribution in [0.4, 0.5) is 5.82 Å². The van der Waals surface area contributed by atoms with Gasteiger partial charge < -0.3 is 14.7 Å². The van der Waals surface area contributed by atoms with E-state index in [0.717, 1.165) is 36.5 Å². The highest BCUT2D eigenvalue weighted by atomic mass is 16.5. The predicted molar refractivity (Wildman–Crippen MR) is 85.2 cm³/mol. The fraction of sp³-hybridized carbons (Fsp3) is 0.500. The molecule has 3 heterocycles. The molecule has 0 bridgehead atoms. The van der Waals surface area contributed by atoms with Crippen molar-refractivity contribution in [1.29, 1.82) is 0 Å². The van der Waals surface area contributed by atoms with Crippen molar-refractivity contribution in [1.82, 2.24) is 20.0 Å². The van der Waals surface area contributed by atoms with Crippen LogP contribution >= 0.6 is 0 Å². The topological polar surface area (TPSA) is 84.2 Å². The van der Waals surface area contributed by atoms with Gasteiger partial charge >= 0.3 is 0 Å². The molecule has 1 aliphatic rings. The third-order valence-corrected chi connectivity index (χ3v) is 4.10. The van der Waals surface area contributed by atoms with E-state index >= 15 is 0 Å². The molecule has 122 valence electrons. The summed E-state index contributed by atoms with van der Waals surface area (Å²) < 4.78 is 5.20. The Kier molecular flexibility index (Phi) is 4.27. The summed E-state index contributed by atoms with van der Waals surface area (Å²) in [5.41, 5.74) is 1.65. The van der Waals surface area contributed by atoms with Gasteiger partial charge in [-0.1, -0.05) is 12.1 Å². The zero-order chi connectivity index (χ0) is 16.4. The van der Waals surface area contributed by atoms with Gasteiger partial charge in [0, 0.05) is 25.7 Å². The Morgan fingerprint density at radius 1 is 1.43 bits per heavy atom. The maximum absolute atomic E-state index is 12.7. The number of carbonyl (C=O) groups is 1. The number of amides is 1. The van der Waals surface area contributed by atoms with E-state index in [9.17, 15) is 4.79 Å². The van der Waals surface area contributed by atoms with Gasteiger partial charge in [0.2, 0.25) is 5.76 Å². The Balaban J connectivity index is 1.88. The van der Waals surface area contributed by atoms with E-state index in [-0.39, 0.29) is 11.9 Å². The monoisotopic (exact) mass is 315 g/mol. The maximum Gasteiger partial charge on any atom is 0.293 e. The first-order valence-electron chi connectivity index (χ1n) is 7.92. The van der Waals surface area contributed by atoms with Gasteiger partial charge in [-0.25, -0.2) is 9.97 Å². The lowest BCUT2D eigenvalue weighted by atomic mass is 10.1. The van der Waals surface area contributed by atoms with E-state index in [1.807, 2.05) is 31.9 Å². The molecular formula is C16H21N5O2. The number of aryl methyl sites for hydroxylation is 2. The Morgan fingerprint density at radius 2 is 2.26 bits per heavy atom. The van der Waals surface area contributed by atoms with Gasteiger partial charge in [0.05, 0.1) is 17.4 Å². The maximum atomic E-state index is 12.7. The van der Waals surface area contributed by atoms with Gasteiger partial charge in [-0.15, -0.1) is 0 Å². The molecule has 1 amide bonds. The fourth-order valence-electron chi connectivity index (χ4n) is 2.93. The van der Waals surface area contributed by atoms with Crippen LogP contribution in [0.2, 0.25) is 0 Å². The molecule has 1 fully saturated rings. The van der Waals surface area contributed by atoms with E-state index in [2.05, 4.69) is 20.4 Å². The molecule has 1 N–H and O–H groups in total. The fourth-order valence-corrected chi connectivity index (χ4v) is 2.93. The Morgan fingerprint density at radius 3 is 2.96 bits per heavy atom. The minimum Gasteiger partial charge on any atom is -0.373 e. The lowest BCUT2D eigenvalue weighted by Crippen LogP contribution is -2.31. The number of anilines is 1. The minimum atomic E-state index is -0.123. The number of nitrogens with one attached hydrogen (secondary N) is 1. The summed E-state index contributed by atoms with van der Waals surface area (Å²) in [7, 11) is 1.82. The highest BCUT2D eigenvalue weighted by Crippen LogP contribution is 2.33. The molecule has 0 radical (unpaired) electrons. The van der Waals surface area contributed by atoms with E-state index in [1.54, 1.807) is 6.07 Å². The van der Waals surface area contributed by atoms with Gasteiger partial charge in [0.15, 0.2) is 0 Å². The SMILES string of the molecule is CCc1cc(C(=O)N2CCC[C@@H]2c2cc(NC)nc(C)n2)on1. The molecule has 1 atom stereocenters. The van der Waals surface area contributed by atoms with Gasteiger partial charge in [-0.05, 0) is 26.2 Å². The van der Waals surface area contributed by atoms with Gasteiger partial charge in [-0.3, -0.25) is 4.79 Å². The van der Waals surface area contributed by atoms with Gasteiger partial charge in [0.25, 0.3) is 5.91 Å². The lowest BCUT2D eigenvalue weighted by Gasteiger charge is -2.23. The molecule has 23 heavy (non-hydrogen) atoms. The molecule has 2 aromatic rings. The van der Waals surface area contributed by atoms with E-state index in [0.29, 0.717) is 18.1 Å². The predicted octanol–water partition coefficient (Wildman–Crippen LogP) is 2.35. The quantitative estimate of drug-likeness (QED) is 0.932. The number of hydrogen-bond donors (Lipinski definition) is 1. The van der Waals surface area contributed by atoms with Crippen molar-refractivity contribution in [2.45, 2.75) is 39.2 Å². The van der Waals surface area contributed by atoms with Crippen molar-refractivity contribution in [3.05, 3.63) is 35.1 Å². The number of carbonyl (C=O) groups excluding carboxylic acids is 1. The summed E-state index contributed by atoms with van der Waals surface area (Å²) in [5.74, 6) is 1.63. The zero-order valence-corrected chi connectivity index (χ0v) is 13.7. The molecule has 0 aliphatic carbocycles. The molecule has 7 heteroatoms. The third kappa shape index (κ3) is 3.04. The third-order valence-electron chi connectivity index (χ3n) is 4.10. The smallest absolute Gasteiger partial charge is 0.293 e. The highest BCUT2D eigenvalue weighted by molar-refractivity contribution is 5.92. The Hall–Kier alpha value is -2.44. The molecule has 0 aromatic carbocycles. The van der Waals surface area contributed by atoms with Crippen molar-refractivity contribution < 1.29 is 9.32 Å². The Bertz CT molecular complexity index is 712. The average molecular weight is 315 g/mol. The molecule has 1 saturated heterocycles. The van der Waals surface area contributed by atoms with E-state index in [1.165, 1.54) is 0 Å². The summed E-state index contributed by atoms with van der Waals surface area (Å²) >= 11 is 0. The van der Waals surface area contributed by atoms with Crippen LogP contribution in [0.25, 0.3) is 0 Å². The molecule has 3 rings (SSSR count). The average Bonchev–Trinajstić information content (AvgIpc) is 3.22. The second-order valence-electron chi connectivity index (χ2n) is 5.67. The van der Waals surface area contributed by atoms with Crippen LogP contribution < -0.4 is 5.32 Å². The van der Waals surface area contributed by atoms with Crippen molar-refractivity contribution in [3.63, 3.8) is 0 Å². The molecule has 7 nitrogen and oxygen atoms in total. The van der Waals surface area contributed by atoms with Crippen LogP contribution in [-0.2, 0) is 6.42 Å². The number of likely N-dealkylation sites (tertiary alicyclic amines) is 1. The number of rotatable bonds is 4. The van der Waals surface area contributed by atoms with Crippen LogP contribution in [0.3, 0.4) is 0 Å². The first-order chi connectivity index (χ1) is 11.1. The number of nitrogens with zero attached hydrogens (tertiary/aromatic N) is 4. The lowest BCUT2D eigenvalue weighted by molar-refractivity contribution is 0.0690. The first kappa shape index (κ1) is 15.5. The summed E-state index contributed by atoms with van der Waals surface area (Å²) in [5, 5.41) is 6.94. The number of aromatic nitrogens is 3. The van der Waals surface area contributed by atoms with Crippen molar-refractivity contribution in [3.8, 4) is 0 Å². The second kappa shape index (κ2) is 6.36. The van der Waals surface area contributed by atoms with Crippen LogP contribution in [0, 0.1) is 6.92 Å². The normalized spacial score (nSPS) is 17.5. The molecular weight excluding hydrogens is 294 g/mol. The zero-order valence-electron chi connectivity index (χ0n) is 13.7. The summed E-state index contributed by atoms with van der Waals surface area (Å²) in [6, 6.07) is 3.58. The molecule has 0 spiro atoms. The molecule has 2 aromatic heterocycles. The van der Waals surface area contributed by atoms with Crippen molar-refractivity contribution in [2.24, 2.45) is 0 Å². The molecule has 0 saturated carbocycles. The van der Waals surface area contributed by atoms with Crippen molar-refractivity contribution >= 4 is 11.7 Å². The van der Waals surface area contributed by atoms with Crippen LogP contribution in [0.1, 0.15) is 53.6 Å². The number of hydrogen-bond acceptors (Lipinski definition) is 6. The second-order valence-corrected chi connectivity index (χ2v) is 5.67. The molecule has 1 aliphatic heterocycles. The van der Waals surface area contributed by atoms with E-state index in [4.69, 9.17) is 4.52 Å². The van der Waals surface area contributed by atoms with Crippen LogP contribution in [-0.4, -0.2) is 39.5 Å². The van der Waals surface area contributed by atoms with Crippen LogP contribution in [0.5, 0.6) is 0 Å². The Labute approximate surface area is 135 Å². The van der Waals surface area contributed by atoms with Gasteiger partial charge in [0.1, 0.15) is 11.6 Å². The van der Waals surface area contributed by atoms with Gasteiger partial charge in [-0.2, -0.15) is 0 Å². The largest absolute Gasteiger partial charge is 0.373 e. The van der Waals surface area contributed by atoms with E-state index < -0.39 is 0 Å².